The molecule has 0 aromatic rings. The van der Waals surface area contributed by atoms with Gasteiger partial charge in [-0.15, -0.1) is 12.4 Å². The maximum absolute atomic E-state index is 10.7. The minimum atomic E-state index is -0.679. The molecule has 1 heterocycles. The largest absolute Gasteiger partial charge is 0.480 e. The van der Waals surface area contributed by atoms with E-state index in [1.165, 1.54) is 25.7 Å². The molecule has 1 saturated carbocycles. The molecule has 1 saturated heterocycles. The zero-order valence-corrected chi connectivity index (χ0v) is 10.4. The highest BCUT2D eigenvalue weighted by Crippen LogP contribution is 2.35. The summed E-state index contributed by atoms with van der Waals surface area (Å²) in [5.74, 6) is 0.426. The van der Waals surface area contributed by atoms with E-state index in [1.807, 2.05) is 11.8 Å². The summed E-state index contributed by atoms with van der Waals surface area (Å²) >= 11 is 2.04. The topological polar surface area (TPSA) is 40.5 Å². The van der Waals surface area contributed by atoms with Gasteiger partial charge in [0.1, 0.15) is 0 Å². The van der Waals surface area contributed by atoms with Crippen molar-refractivity contribution in [3.05, 3.63) is 0 Å². The van der Waals surface area contributed by atoms with Crippen LogP contribution >= 0.6 is 24.2 Å². The molecule has 0 aromatic carbocycles. The highest BCUT2D eigenvalue weighted by atomic mass is 35.5. The Morgan fingerprint density at radius 3 is 2.87 bits per heavy atom. The quantitative estimate of drug-likeness (QED) is 0.813. The van der Waals surface area contributed by atoms with Gasteiger partial charge < -0.3 is 5.11 Å². The van der Waals surface area contributed by atoms with Gasteiger partial charge in [-0.25, -0.2) is 0 Å². The molecule has 0 spiro atoms. The fraction of sp³-hybridized carbons (Fsp3) is 0.900. The Kier molecular flexibility index (Phi) is 5.23. The third kappa shape index (κ3) is 3.26. The standard InChI is InChI=1S/C10H17NO2S.ClH/c12-10(13)7-11-5-6-14-9-4-2-1-3-8(9)11;/h8-9H,1-7H2,(H,12,13);1H. The van der Waals surface area contributed by atoms with E-state index in [0.29, 0.717) is 11.3 Å². The van der Waals surface area contributed by atoms with Gasteiger partial charge in [-0.2, -0.15) is 11.8 Å². The first-order chi connectivity index (χ1) is 6.77. The minimum absolute atomic E-state index is 0. The number of halogens is 1. The Morgan fingerprint density at radius 1 is 1.40 bits per heavy atom. The molecule has 0 amide bonds. The molecule has 1 aliphatic carbocycles. The maximum atomic E-state index is 10.7. The lowest BCUT2D eigenvalue weighted by Gasteiger charge is -2.42. The first-order valence-electron chi connectivity index (χ1n) is 5.35. The van der Waals surface area contributed by atoms with Gasteiger partial charge in [0, 0.05) is 23.6 Å². The molecule has 2 unspecified atom stereocenters. The predicted octanol–water partition coefficient (Wildman–Crippen LogP) is 1.85. The van der Waals surface area contributed by atoms with Gasteiger partial charge in [0.25, 0.3) is 0 Å². The van der Waals surface area contributed by atoms with E-state index in [2.05, 4.69) is 4.90 Å². The Morgan fingerprint density at radius 2 is 2.13 bits per heavy atom. The van der Waals surface area contributed by atoms with E-state index in [9.17, 15) is 4.79 Å². The van der Waals surface area contributed by atoms with Crippen LogP contribution in [0.1, 0.15) is 25.7 Å². The minimum Gasteiger partial charge on any atom is -0.480 e. The maximum Gasteiger partial charge on any atom is 0.317 e. The van der Waals surface area contributed by atoms with E-state index in [0.717, 1.165) is 12.3 Å². The number of carbonyl (C=O) groups is 1. The van der Waals surface area contributed by atoms with Gasteiger partial charge in [-0.05, 0) is 12.8 Å². The monoisotopic (exact) mass is 251 g/mol. The number of nitrogens with zero attached hydrogens (tertiary/aromatic N) is 1. The lowest BCUT2D eigenvalue weighted by atomic mass is 9.93. The number of hydrogen-bond donors (Lipinski definition) is 1. The zero-order valence-electron chi connectivity index (χ0n) is 8.72. The molecule has 1 aliphatic heterocycles. The van der Waals surface area contributed by atoms with E-state index in [4.69, 9.17) is 5.11 Å². The molecule has 15 heavy (non-hydrogen) atoms. The van der Waals surface area contributed by atoms with Crippen molar-refractivity contribution in [3.8, 4) is 0 Å². The number of hydrogen-bond acceptors (Lipinski definition) is 3. The average molecular weight is 252 g/mol. The highest BCUT2D eigenvalue weighted by molar-refractivity contribution is 8.00. The predicted molar refractivity (Wildman–Crippen MR) is 65.0 cm³/mol. The van der Waals surface area contributed by atoms with E-state index in [1.54, 1.807) is 0 Å². The van der Waals surface area contributed by atoms with Gasteiger partial charge >= 0.3 is 5.97 Å². The first kappa shape index (κ1) is 13.1. The van der Waals surface area contributed by atoms with Crippen LogP contribution in [-0.4, -0.2) is 46.1 Å². The summed E-state index contributed by atoms with van der Waals surface area (Å²) in [5, 5.41) is 9.51. The lowest BCUT2D eigenvalue weighted by Crippen LogP contribution is -2.50. The van der Waals surface area contributed by atoms with E-state index < -0.39 is 5.97 Å². The summed E-state index contributed by atoms with van der Waals surface area (Å²) in [6.07, 6.45) is 5.09. The molecule has 0 bridgehead atoms. The van der Waals surface area contributed by atoms with Crippen molar-refractivity contribution in [1.82, 2.24) is 4.90 Å². The van der Waals surface area contributed by atoms with Crippen molar-refractivity contribution >= 4 is 30.1 Å². The summed E-state index contributed by atoms with van der Waals surface area (Å²) in [5.41, 5.74) is 0. The summed E-state index contributed by atoms with van der Waals surface area (Å²) in [4.78, 5) is 12.9. The molecule has 5 heteroatoms. The Labute approximate surface area is 101 Å². The molecule has 3 nitrogen and oxygen atoms in total. The zero-order chi connectivity index (χ0) is 9.97. The molecule has 0 radical (unpaired) electrons. The molecule has 88 valence electrons. The molecule has 2 aliphatic rings. The summed E-state index contributed by atoms with van der Waals surface area (Å²) in [7, 11) is 0. The fourth-order valence-corrected chi connectivity index (χ4v) is 4.05. The second kappa shape index (κ2) is 5.97. The summed E-state index contributed by atoms with van der Waals surface area (Å²) in [6, 6.07) is 0.540. The normalized spacial score (nSPS) is 31.5. The van der Waals surface area contributed by atoms with Crippen LogP contribution in [0.5, 0.6) is 0 Å². The van der Waals surface area contributed by atoms with Crippen molar-refractivity contribution in [2.45, 2.75) is 37.0 Å². The van der Waals surface area contributed by atoms with Crippen molar-refractivity contribution in [1.29, 1.82) is 0 Å². The van der Waals surface area contributed by atoms with Crippen LogP contribution in [0.3, 0.4) is 0 Å². The number of fused-ring (bicyclic) bond motifs is 1. The summed E-state index contributed by atoms with van der Waals surface area (Å²) in [6.45, 7) is 1.19. The summed E-state index contributed by atoms with van der Waals surface area (Å²) < 4.78 is 0. The van der Waals surface area contributed by atoms with Crippen LogP contribution in [0.2, 0.25) is 0 Å². The van der Waals surface area contributed by atoms with Gasteiger partial charge in [-0.1, -0.05) is 12.8 Å². The number of aliphatic carboxylic acids is 1. The smallest absolute Gasteiger partial charge is 0.317 e. The first-order valence-corrected chi connectivity index (χ1v) is 6.39. The van der Waals surface area contributed by atoms with Crippen LogP contribution < -0.4 is 0 Å². The highest BCUT2D eigenvalue weighted by Gasteiger charge is 2.34. The van der Waals surface area contributed by atoms with Crippen molar-refractivity contribution in [2.75, 3.05) is 18.8 Å². The molecule has 2 rings (SSSR count). The third-order valence-corrected chi connectivity index (χ3v) is 4.58. The number of carboxylic acids is 1. The van der Waals surface area contributed by atoms with Crippen LogP contribution in [0.4, 0.5) is 0 Å². The molecule has 2 fully saturated rings. The Bertz CT molecular complexity index is 225. The molecule has 1 N–H and O–H groups in total. The van der Waals surface area contributed by atoms with E-state index >= 15 is 0 Å². The average Bonchev–Trinajstić information content (AvgIpc) is 2.18. The molecular formula is C10H18ClNO2S. The fourth-order valence-electron chi connectivity index (χ4n) is 2.55. The second-order valence-corrected chi connectivity index (χ2v) is 5.47. The van der Waals surface area contributed by atoms with Gasteiger partial charge in [0.15, 0.2) is 0 Å². The van der Waals surface area contributed by atoms with Gasteiger partial charge in [0.05, 0.1) is 6.54 Å². The second-order valence-electron chi connectivity index (χ2n) is 4.13. The van der Waals surface area contributed by atoms with Crippen molar-refractivity contribution in [2.24, 2.45) is 0 Å². The molecule has 2 atom stereocenters. The number of thioether (sulfide) groups is 1. The van der Waals surface area contributed by atoms with Gasteiger partial charge in [0.2, 0.25) is 0 Å². The van der Waals surface area contributed by atoms with Crippen molar-refractivity contribution in [3.63, 3.8) is 0 Å². The van der Waals surface area contributed by atoms with Crippen LogP contribution in [0.25, 0.3) is 0 Å². The SMILES string of the molecule is Cl.O=C(O)CN1CCSC2CCCCC21. The third-order valence-electron chi connectivity index (χ3n) is 3.19. The van der Waals surface area contributed by atoms with Crippen molar-refractivity contribution < 1.29 is 9.90 Å². The number of carboxylic acid groups (broad SMARTS) is 1. The van der Waals surface area contributed by atoms with E-state index in [-0.39, 0.29) is 19.0 Å². The van der Waals surface area contributed by atoms with Crippen LogP contribution in [-0.2, 0) is 4.79 Å². The lowest BCUT2D eigenvalue weighted by molar-refractivity contribution is -0.139. The van der Waals surface area contributed by atoms with Crippen LogP contribution in [0, 0.1) is 0 Å². The Hall–Kier alpha value is 0.0700. The Balaban J connectivity index is 0.00000112. The molecular weight excluding hydrogens is 234 g/mol. The van der Waals surface area contributed by atoms with Gasteiger partial charge in [-0.3, -0.25) is 9.69 Å². The molecule has 0 aromatic heterocycles. The van der Waals surface area contributed by atoms with Crippen LogP contribution in [0.15, 0.2) is 0 Å². The number of rotatable bonds is 2.